The molecule has 0 N–H and O–H groups in total. The first-order valence-electron chi connectivity index (χ1n) is 2.82. The molecule has 5 heteroatoms. The summed E-state index contributed by atoms with van der Waals surface area (Å²) in [5.74, 6) is -3.71. The Hall–Kier alpha value is -0.610. The Balaban J connectivity index is 4.00. The van der Waals surface area contributed by atoms with Crippen molar-refractivity contribution in [2.24, 2.45) is 0 Å². The molecule has 0 aliphatic heterocycles. The Kier molecular flexibility index (Phi) is 3.02. The fraction of sp³-hybridized carbons (Fsp3) is 0.667. The molecule has 0 nitrogen and oxygen atoms in total. The molecule has 0 amide bonds. The quantitative estimate of drug-likeness (QED) is 0.455. The van der Waals surface area contributed by atoms with E-state index in [1.54, 1.807) is 0 Å². The van der Waals surface area contributed by atoms with Crippen molar-refractivity contribution in [3.8, 4) is 0 Å². The highest BCUT2D eigenvalue weighted by atomic mass is 19.4. The van der Waals surface area contributed by atoms with Crippen LogP contribution in [0, 0.1) is 0 Å². The predicted molar refractivity (Wildman–Crippen MR) is 30.4 cm³/mol. The lowest BCUT2D eigenvalue weighted by Gasteiger charge is -2.15. The van der Waals surface area contributed by atoms with Crippen LogP contribution in [0.5, 0.6) is 0 Å². The molecule has 0 rings (SSSR count). The Labute approximate surface area is 60.7 Å². The van der Waals surface area contributed by atoms with Gasteiger partial charge in [0.25, 0.3) is 5.92 Å². The zero-order valence-electron chi connectivity index (χ0n) is 5.59. The van der Waals surface area contributed by atoms with E-state index in [1.165, 1.54) is 0 Å². The molecule has 0 aromatic carbocycles. The smallest absolute Gasteiger partial charge is 0.206 e. The number of halogens is 5. The molecule has 0 bridgehead atoms. The lowest BCUT2D eigenvalue weighted by molar-refractivity contribution is -0.186. The van der Waals surface area contributed by atoms with Crippen LogP contribution in [0.25, 0.3) is 0 Å². The van der Waals surface area contributed by atoms with Gasteiger partial charge in [-0.15, -0.1) is 6.58 Å². The van der Waals surface area contributed by atoms with E-state index in [9.17, 15) is 22.0 Å². The van der Waals surface area contributed by atoms with Gasteiger partial charge in [-0.3, -0.25) is 0 Å². The molecule has 11 heavy (non-hydrogen) atoms. The Morgan fingerprint density at radius 1 is 1.09 bits per heavy atom. The number of hydrogen-bond donors (Lipinski definition) is 0. The molecular weight excluding hydrogens is 167 g/mol. The van der Waals surface area contributed by atoms with Crippen molar-refractivity contribution in [3.63, 3.8) is 0 Å². The number of allylic oxidation sites excluding steroid dienone is 1. The molecule has 0 aromatic rings. The van der Waals surface area contributed by atoms with Gasteiger partial charge in [0.2, 0.25) is 0 Å². The molecule has 0 aliphatic rings. The molecule has 0 spiro atoms. The summed E-state index contributed by atoms with van der Waals surface area (Å²) in [6.07, 6.45) is -7.06. The van der Waals surface area contributed by atoms with Crippen LogP contribution in [0.2, 0.25) is 0 Å². The minimum absolute atomic E-state index is 0.770. The summed E-state index contributed by atoms with van der Waals surface area (Å²) >= 11 is 0. The van der Waals surface area contributed by atoms with E-state index in [1.807, 2.05) is 0 Å². The SMILES string of the molecule is C=CCC(F)(F)CC(F)(F)F. The van der Waals surface area contributed by atoms with Crippen molar-refractivity contribution in [1.82, 2.24) is 0 Å². The minimum Gasteiger partial charge on any atom is -0.206 e. The molecule has 0 atom stereocenters. The summed E-state index contributed by atoms with van der Waals surface area (Å²) in [5.41, 5.74) is 0. The highest BCUT2D eigenvalue weighted by Gasteiger charge is 2.42. The molecule has 0 unspecified atom stereocenters. The van der Waals surface area contributed by atoms with Crippen LogP contribution >= 0.6 is 0 Å². The maximum atomic E-state index is 12.1. The second-order valence-electron chi connectivity index (χ2n) is 2.14. The van der Waals surface area contributed by atoms with Gasteiger partial charge in [-0.2, -0.15) is 13.2 Å². The van der Waals surface area contributed by atoms with Gasteiger partial charge in [-0.25, -0.2) is 8.78 Å². The first-order valence-corrected chi connectivity index (χ1v) is 2.82. The van der Waals surface area contributed by atoms with Crippen molar-refractivity contribution in [2.45, 2.75) is 24.9 Å². The van der Waals surface area contributed by atoms with Crippen LogP contribution in [0.1, 0.15) is 12.8 Å². The van der Waals surface area contributed by atoms with E-state index in [-0.39, 0.29) is 0 Å². The third-order valence-electron chi connectivity index (χ3n) is 0.902. The van der Waals surface area contributed by atoms with Crippen LogP contribution < -0.4 is 0 Å². The van der Waals surface area contributed by atoms with Gasteiger partial charge in [0.1, 0.15) is 6.42 Å². The summed E-state index contributed by atoms with van der Waals surface area (Å²) in [7, 11) is 0. The van der Waals surface area contributed by atoms with Crippen LogP contribution in [-0.2, 0) is 0 Å². The van der Waals surface area contributed by atoms with Gasteiger partial charge >= 0.3 is 6.18 Å². The maximum absolute atomic E-state index is 12.1. The standard InChI is InChI=1S/C6H7F5/c1-2-3-5(7,8)4-6(9,10)11/h2H,1,3-4H2. The summed E-state index contributed by atoms with van der Waals surface area (Å²) in [6, 6.07) is 0. The van der Waals surface area contributed by atoms with Crippen molar-refractivity contribution in [3.05, 3.63) is 12.7 Å². The van der Waals surface area contributed by atoms with Crippen molar-refractivity contribution >= 4 is 0 Å². The van der Waals surface area contributed by atoms with Gasteiger partial charge in [0, 0.05) is 6.42 Å². The molecule has 0 saturated carbocycles. The molecule has 0 heterocycles. The van der Waals surface area contributed by atoms with E-state index in [4.69, 9.17) is 0 Å². The number of hydrogen-bond acceptors (Lipinski definition) is 0. The summed E-state index contributed by atoms with van der Waals surface area (Å²) in [5, 5.41) is 0. The average Bonchev–Trinajstić information content (AvgIpc) is 1.55. The molecule has 0 radical (unpaired) electrons. The maximum Gasteiger partial charge on any atom is 0.394 e. The highest BCUT2D eigenvalue weighted by Crippen LogP contribution is 2.33. The summed E-state index contributed by atoms with van der Waals surface area (Å²) in [4.78, 5) is 0. The minimum atomic E-state index is -4.81. The van der Waals surface area contributed by atoms with E-state index < -0.39 is 24.9 Å². The first-order chi connectivity index (χ1) is 4.77. The Morgan fingerprint density at radius 2 is 1.55 bits per heavy atom. The Bertz CT molecular complexity index is 134. The van der Waals surface area contributed by atoms with Gasteiger partial charge in [0.15, 0.2) is 0 Å². The predicted octanol–water partition coefficient (Wildman–Crippen LogP) is 3.15. The van der Waals surface area contributed by atoms with Gasteiger partial charge in [0.05, 0.1) is 0 Å². The van der Waals surface area contributed by atoms with Gasteiger partial charge < -0.3 is 0 Å². The van der Waals surface area contributed by atoms with E-state index in [2.05, 4.69) is 6.58 Å². The summed E-state index contributed by atoms with van der Waals surface area (Å²) in [6.45, 7) is 2.93. The van der Waals surface area contributed by atoms with E-state index in [0.29, 0.717) is 0 Å². The molecule has 66 valence electrons. The molecule has 0 fully saturated rings. The van der Waals surface area contributed by atoms with Crippen LogP contribution in [-0.4, -0.2) is 12.1 Å². The second kappa shape index (κ2) is 3.19. The summed E-state index contributed by atoms with van der Waals surface area (Å²) < 4.78 is 58.3. The highest BCUT2D eigenvalue weighted by molar-refractivity contribution is 4.80. The van der Waals surface area contributed by atoms with Gasteiger partial charge in [-0.05, 0) is 0 Å². The average molecular weight is 174 g/mol. The lowest BCUT2D eigenvalue weighted by Crippen LogP contribution is -2.24. The molecule has 0 saturated heterocycles. The largest absolute Gasteiger partial charge is 0.394 e. The number of alkyl halides is 5. The molecular formula is C6H7F5. The monoisotopic (exact) mass is 174 g/mol. The third kappa shape index (κ3) is 5.82. The van der Waals surface area contributed by atoms with Crippen LogP contribution in [0.3, 0.4) is 0 Å². The Morgan fingerprint density at radius 3 is 1.82 bits per heavy atom. The van der Waals surface area contributed by atoms with E-state index >= 15 is 0 Å². The lowest BCUT2D eigenvalue weighted by atomic mass is 10.1. The normalized spacial score (nSPS) is 13.2. The van der Waals surface area contributed by atoms with E-state index in [0.717, 1.165) is 6.08 Å². The zero-order valence-corrected chi connectivity index (χ0v) is 5.59. The second-order valence-corrected chi connectivity index (χ2v) is 2.14. The fourth-order valence-electron chi connectivity index (χ4n) is 0.577. The fourth-order valence-corrected chi connectivity index (χ4v) is 0.577. The van der Waals surface area contributed by atoms with Crippen LogP contribution in [0.4, 0.5) is 22.0 Å². The molecule has 0 aliphatic carbocycles. The third-order valence-corrected chi connectivity index (χ3v) is 0.902. The van der Waals surface area contributed by atoms with Crippen molar-refractivity contribution in [1.29, 1.82) is 0 Å². The first kappa shape index (κ1) is 10.4. The van der Waals surface area contributed by atoms with Gasteiger partial charge in [-0.1, -0.05) is 6.08 Å². The number of rotatable bonds is 3. The zero-order chi connectivity index (χ0) is 9.12. The van der Waals surface area contributed by atoms with Crippen LogP contribution in [0.15, 0.2) is 12.7 Å². The topological polar surface area (TPSA) is 0 Å². The molecule has 0 aromatic heterocycles. The van der Waals surface area contributed by atoms with Crippen molar-refractivity contribution in [2.75, 3.05) is 0 Å². The van der Waals surface area contributed by atoms with Crippen molar-refractivity contribution < 1.29 is 22.0 Å².